The molecular formula is C4H7NO4S. The SMILES string of the molecule is CS(=O)(=O)OC1CNC1=O. The zero-order valence-corrected chi connectivity index (χ0v) is 6.14. The Morgan fingerprint density at radius 1 is 1.70 bits per heavy atom. The molecule has 1 amide bonds. The maximum Gasteiger partial charge on any atom is 0.265 e. The second-order valence-corrected chi connectivity index (χ2v) is 3.63. The highest BCUT2D eigenvalue weighted by atomic mass is 32.2. The van der Waals surface area contributed by atoms with E-state index in [2.05, 4.69) is 9.50 Å². The van der Waals surface area contributed by atoms with Crippen LogP contribution in [0.25, 0.3) is 0 Å². The summed E-state index contributed by atoms with van der Waals surface area (Å²) in [6, 6.07) is 0. The Hall–Kier alpha value is -0.620. The van der Waals surface area contributed by atoms with E-state index in [1.165, 1.54) is 0 Å². The molecule has 1 aliphatic rings. The highest BCUT2D eigenvalue weighted by Gasteiger charge is 2.31. The van der Waals surface area contributed by atoms with E-state index in [-0.39, 0.29) is 12.5 Å². The lowest BCUT2D eigenvalue weighted by atomic mass is 10.2. The highest BCUT2D eigenvalue weighted by molar-refractivity contribution is 7.86. The third-order valence-electron chi connectivity index (χ3n) is 1.05. The van der Waals surface area contributed by atoms with Gasteiger partial charge in [-0.25, -0.2) is 0 Å². The predicted molar refractivity (Wildman–Crippen MR) is 32.7 cm³/mol. The van der Waals surface area contributed by atoms with Crippen molar-refractivity contribution >= 4 is 16.0 Å². The van der Waals surface area contributed by atoms with E-state index < -0.39 is 16.2 Å². The molecule has 0 aliphatic carbocycles. The van der Waals surface area contributed by atoms with Crippen molar-refractivity contribution < 1.29 is 17.4 Å². The van der Waals surface area contributed by atoms with Gasteiger partial charge in [-0.05, 0) is 0 Å². The maximum atomic E-state index is 10.4. The van der Waals surface area contributed by atoms with Crippen molar-refractivity contribution in [3.63, 3.8) is 0 Å². The number of β-lactam (4-membered cyclic amide) rings is 1. The summed E-state index contributed by atoms with van der Waals surface area (Å²) in [5.74, 6) is -0.370. The first-order chi connectivity index (χ1) is 4.49. The number of hydrogen-bond acceptors (Lipinski definition) is 4. The van der Waals surface area contributed by atoms with E-state index in [9.17, 15) is 13.2 Å². The summed E-state index contributed by atoms with van der Waals surface area (Å²) in [5.41, 5.74) is 0. The molecule has 1 heterocycles. The van der Waals surface area contributed by atoms with Crippen LogP contribution >= 0.6 is 0 Å². The van der Waals surface area contributed by atoms with Crippen LogP contribution in [0.3, 0.4) is 0 Å². The molecule has 0 aromatic heterocycles. The number of amides is 1. The van der Waals surface area contributed by atoms with E-state index in [0.29, 0.717) is 0 Å². The molecule has 1 N–H and O–H groups in total. The molecule has 0 saturated carbocycles. The molecule has 5 nitrogen and oxygen atoms in total. The minimum atomic E-state index is -3.48. The highest BCUT2D eigenvalue weighted by Crippen LogP contribution is 2.03. The van der Waals surface area contributed by atoms with Crippen molar-refractivity contribution in [1.29, 1.82) is 0 Å². The summed E-state index contributed by atoms with van der Waals surface area (Å²) in [6.45, 7) is 0.284. The molecule has 0 aromatic rings. The second kappa shape index (κ2) is 2.21. The summed E-state index contributed by atoms with van der Waals surface area (Å²) in [6.07, 6.45) is 0.119. The fraction of sp³-hybridized carbons (Fsp3) is 0.750. The molecule has 0 bridgehead atoms. The molecular weight excluding hydrogens is 158 g/mol. The van der Waals surface area contributed by atoms with E-state index in [4.69, 9.17) is 0 Å². The minimum absolute atomic E-state index is 0.284. The average molecular weight is 165 g/mol. The Labute approximate surface area is 58.5 Å². The molecule has 1 rings (SSSR count). The van der Waals surface area contributed by atoms with Crippen molar-refractivity contribution in [2.75, 3.05) is 12.8 Å². The lowest BCUT2D eigenvalue weighted by Crippen LogP contribution is -2.55. The Bertz CT molecular complexity index is 244. The summed E-state index contributed by atoms with van der Waals surface area (Å²) in [5, 5.41) is 2.35. The standard InChI is InChI=1S/C4H7NO4S/c1-10(7,8)9-3-2-5-4(3)6/h3H,2H2,1H3,(H,5,6). The van der Waals surface area contributed by atoms with Crippen LogP contribution in [0.5, 0.6) is 0 Å². The van der Waals surface area contributed by atoms with Gasteiger partial charge in [-0.15, -0.1) is 0 Å². The van der Waals surface area contributed by atoms with Gasteiger partial charge < -0.3 is 5.32 Å². The Kier molecular flexibility index (Phi) is 1.65. The molecule has 1 aliphatic heterocycles. The Morgan fingerprint density at radius 2 is 2.30 bits per heavy atom. The Morgan fingerprint density at radius 3 is 2.40 bits per heavy atom. The second-order valence-electron chi connectivity index (χ2n) is 2.03. The first-order valence-corrected chi connectivity index (χ1v) is 4.47. The largest absolute Gasteiger partial charge is 0.351 e. The third-order valence-corrected chi connectivity index (χ3v) is 1.63. The fourth-order valence-corrected chi connectivity index (χ4v) is 1.13. The molecule has 0 spiro atoms. The lowest BCUT2D eigenvalue weighted by molar-refractivity contribution is -0.134. The van der Waals surface area contributed by atoms with Crippen LogP contribution in [0.1, 0.15) is 0 Å². The predicted octanol–water partition coefficient (Wildman–Crippen LogP) is -1.54. The summed E-state index contributed by atoms with van der Waals surface area (Å²) in [4.78, 5) is 10.4. The van der Waals surface area contributed by atoms with Gasteiger partial charge in [0.05, 0.1) is 12.8 Å². The van der Waals surface area contributed by atoms with E-state index >= 15 is 0 Å². The van der Waals surface area contributed by atoms with Gasteiger partial charge in [0.15, 0.2) is 6.10 Å². The van der Waals surface area contributed by atoms with Crippen LogP contribution in [-0.4, -0.2) is 33.2 Å². The summed E-state index contributed by atoms with van der Waals surface area (Å²) in [7, 11) is -3.48. The first kappa shape index (κ1) is 7.49. The van der Waals surface area contributed by atoms with Gasteiger partial charge in [-0.3, -0.25) is 8.98 Å². The van der Waals surface area contributed by atoms with Crippen molar-refractivity contribution in [3.05, 3.63) is 0 Å². The zero-order chi connectivity index (χ0) is 7.78. The smallest absolute Gasteiger partial charge is 0.265 e. The van der Waals surface area contributed by atoms with Crippen molar-refractivity contribution in [2.45, 2.75) is 6.10 Å². The third kappa shape index (κ3) is 1.68. The number of hydrogen-bond donors (Lipinski definition) is 1. The maximum absolute atomic E-state index is 10.4. The van der Waals surface area contributed by atoms with Gasteiger partial charge >= 0.3 is 0 Å². The number of carbonyl (C=O) groups is 1. The zero-order valence-electron chi connectivity index (χ0n) is 5.33. The number of carbonyl (C=O) groups excluding carboxylic acids is 1. The quantitative estimate of drug-likeness (QED) is 0.397. The lowest BCUT2D eigenvalue weighted by Gasteiger charge is -2.23. The van der Waals surface area contributed by atoms with Gasteiger partial charge in [0.25, 0.3) is 16.0 Å². The average Bonchev–Trinajstić information content (AvgIpc) is 1.78. The van der Waals surface area contributed by atoms with Crippen LogP contribution in [-0.2, 0) is 19.1 Å². The normalized spacial score (nSPS) is 25.3. The molecule has 0 radical (unpaired) electrons. The van der Waals surface area contributed by atoms with Crippen molar-refractivity contribution in [1.82, 2.24) is 5.32 Å². The van der Waals surface area contributed by atoms with Crippen molar-refractivity contribution in [2.24, 2.45) is 0 Å². The number of nitrogens with one attached hydrogen (secondary N) is 1. The van der Waals surface area contributed by atoms with Gasteiger partial charge in [0.1, 0.15) is 0 Å². The summed E-state index contributed by atoms with van der Waals surface area (Å²) < 4.78 is 25.1. The summed E-state index contributed by atoms with van der Waals surface area (Å²) >= 11 is 0. The molecule has 1 fully saturated rings. The van der Waals surface area contributed by atoms with Crippen LogP contribution in [0.15, 0.2) is 0 Å². The molecule has 6 heteroatoms. The monoisotopic (exact) mass is 165 g/mol. The van der Waals surface area contributed by atoms with E-state index in [1.54, 1.807) is 0 Å². The van der Waals surface area contributed by atoms with Crippen molar-refractivity contribution in [3.8, 4) is 0 Å². The van der Waals surface area contributed by atoms with Gasteiger partial charge in [0, 0.05) is 0 Å². The molecule has 0 aromatic carbocycles. The minimum Gasteiger partial charge on any atom is -0.351 e. The van der Waals surface area contributed by atoms with E-state index in [1.807, 2.05) is 0 Å². The molecule has 1 atom stereocenters. The molecule has 10 heavy (non-hydrogen) atoms. The topological polar surface area (TPSA) is 72.5 Å². The van der Waals surface area contributed by atoms with Gasteiger partial charge in [-0.1, -0.05) is 0 Å². The van der Waals surface area contributed by atoms with Gasteiger partial charge in [-0.2, -0.15) is 8.42 Å². The number of rotatable bonds is 2. The van der Waals surface area contributed by atoms with Crippen LogP contribution in [0, 0.1) is 0 Å². The first-order valence-electron chi connectivity index (χ1n) is 2.65. The molecule has 1 saturated heterocycles. The van der Waals surface area contributed by atoms with Crippen LogP contribution < -0.4 is 5.32 Å². The Balaban J connectivity index is 2.48. The van der Waals surface area contributed by atoms with Crippen LogP contribution in [0.4, 0.5) is 0 Å². The van der Waals surface area contributed by atoms with E-state index in [0.717, 1.165) is 6.26 Å². The fourth-order valence-electron chi connectivity index (χ4n) is 0.557. The molecule has 1 unspecified atom stereocenters. The molecule has 58 valence electrons. The van der Waals surface area contributed by atoms with Gasteiger partial charge in [0.2, 0.25) is 0 Å². The van der Waals surface area contributed by atoms with Crippen LogP contribution in [0.2, 0.25) is 0 Å².